The van der Waals surface area contributed by atoms with Gasteiger partial charge >= 0.3 is 0 Å². The molecule has 3 aliphatic heterocycles. The maximum Gasteiger partial charge on any atom is 0.251 e. The molecule has 4 heterocycles. The van der Waals surface area contributed by atoms with E-state index in [1.807, 2.05) is 10.6 Å². The van der Waals surface area contributed by atoms with Crippen LogP contribution in [-0.2, 0) is 17.9 Å². The molecule has 0 radical (unpaired) electrons. The molecule has 2 saturated heterocycles. The van der Waals surface area contributed by atoms with Crippen LogP contribution in [0, 0.1) is 17.8 Å². The summed E-state index contributed by atoms with van der Waals surface area (Å²) in [6.07, 6.45) is 9.46. The Balaban J connectivity index is 1.20. The third-order valence-electron chi connectivity index (χ3n) is 7.20. The second-order valence-corrected chi connectivity index (χ2v) is 9.41. The number of carbonyl (C=O) groups excluding carboxylic acids is 1. The molecule has 4 atom stereocenters. The Morgan fingerprint density at radius 3 is 2.87 bits per heavy atom. The maximum absolute atomic E-state index is 12.7. The summed E-state index contributed by atoms with van der Waals surface area (Å²) < 4.78 is 1.98. The molecule has 30 heavy (non-hydrogen) atoms. The summed E-state index contributed by atoms with van der Waals surface area (Å²) in [5.74, 6) is 1.70. The number of piperidine rings is 2. The summed E-state index contributed by atoms with van der Waals surface area (Å²) >= 11 is 0. The second-order valence-electron chi connectivity index (χ2n) is 9.41. The molecule has 3 N–H and O–H groups in total. The van der Waals surface area contributed by atoms with Crippen molar-refractivity contribution in [3.05, 3.63) is 57.5 Å². The zero-order valence-corrected chi connectivity index (χ0v) is 17.5. The van der Waals surface area contributed by atoms with Crippen LogP contribution in [0.2, 0.25) is 0 Å². The number of nitrogens with one attached hydrogen (secondary N) is 3. The van der Waals surface area contributed by atoms with Gasteiger partial charge in [0.2, 0.25) is 0 Å². The molecule has 4 unspecified atom stereocenters. The van der Waals surface area contributed by atoms with Crippen LogP contribution >= 0.6 is 0 Å². The van der Waals surface area contributed by atoms with Crippen molar-refractivity contribution < 1.29 is 4.79 Å². The Bertz CT molecular complexity index is 926. The van der Waals surface area contributed by atoms with Crippen LogP contribution in [0.4, 0.5) is 0 Å². The fourth-order valence-electron chi connectivity index (χ4n) is 5.65. The van der Waals surface area contributed by atoms with E-state index in [9.17, 15) is 9.59 Å². The zero-order chi connectivity index (χ0) is 20.5. The molecular weight excluding hydrogens is 376 g/mol. The number of nitrogens with zero attached hydrogens (tertiary/aromatic N) is 1. The number of carbonyl (C=O) groups is 1. The molecule has 4 aliphatic rings. The van der Waals surface area contributed by atoms with Gasteiger partial charge in [-0.1, -0.05) is 12.2 Å². The highest BCUT2D eigenvalue weighted by atomic mass is 16.1. The SMILES string of the molecule is O=C1C=C(CNCc2cc3n(c(=O)c2)CC2CNCC3C2)C=CC1C1CCCNC1. The van der Waals surface area contributed by atoms with Crippen molar-refractivity contribution in [2.75, 3.05) is 32.7 Å². The highest BCUT2D eigenvalue weighted by Gasteiger charge is 2.31. The van der Waals surface area contributed by atoms with E-state index in [0.717, 1.165) is 56.7 Å². The Kier molecular flexibility index (Phi) is 5.72. The van der Waals surface area contributed by atoms with Crippen molar-refractivity contribution in [3.63, 3.8) is 0 Å². The van der Waals surface area contributed by atoms with Gasteiger partial charge in [-0.3, -0.25) is 9.59 Å². The minimum atomic E-state index is 0.0233. The number of pyridine rings is 1. The molecule has 0 spiro atoms. The summed E-state index contributed by atoms with van der Waals surface area (Å²) in [5.41, 5.74) is 3.36. The smallest absolute Gasteiger partial charge is 0.251 e. The van der Waals surface area contributed by atoms with Crippen LogP contribution in [0.25, 0.3) is 0 Å². The number of hydrogen-bond acceptors (Lipinski definition) is 5. The predicted molar refractivity (Wildman–Crippen MR) is 117 cm³/mol. The van der Waals surface area contributed by atoms with Gasteiger partial charge in [-0.05, 0) is 74.0 Å². The zero-order valence-electron chi connectivity index (χ0n) is 17.5. The lowest BCUT2D eigenvalue weighted by Crippen LogP contribution is -2.45. The molecular formula is C24H32N4O2. The van der Waals surface area contributed by atoms with Crippen LogP contribution in [0.15, 0.2) is 40.7 Å². The lowest BCUT2D eigenvalue weighted by molar-refractivity contribution is -0.118. The van der Waals surface area contributed by atoms with Crippen molar-refractivity contribution in [1.82, 2.24) is 20.5 Å². The third kappa shape index (κ3) is 4.09. The van der Waals surface area contributed by atoms with Gasteiger partial charge in [-0.25, -0.2) is 0 Å². The van der Waals surface area contributed by atoms with E-state index in [2.05, 4.69) is 34.2 Å². The van der Waals surface area contributed by atoms with Gasteiger partial charge in [-0.2, -0.15) is 0 Å². The normalized spacial score (nSPS) is 30.7. The third-order valence-corrected chi connectivity index (χ3v) is 7.20. The first-order valence-corrected chi connectivity index (χ1v) is 11.5. The number of hydrogen-bond donors (Lipinski definition) is 3. The van der Waals surface area contributed by atoms with E-state index in [-0.39, 0.29) is 17.3 Å². The van der Waals surface area contributed by atoms with Crippen molar-refractivity contribution in [3.8, 4) is 0 Å². The van der Waals surface area contributed by atoms with Crippen molar-refractivity contribution in [2.24, 2.45) is 17.8 Å². The summed E-state index contributed by atoms with van der Waals surface area (Å²) in [5, 5.41) is 10.3. The molecule has 2 bridgehead atoms. The predicted octanol–water partition coefficient (Wildman–Crippen LogP) is 1.33. The number of fused-ring (bicyclic) bond motifs is 4. The molecule has 2 fully saturated rings. The van der Waals surface area contributed by atoms with Gasteiger partial charge in [0, 0.05) is 49.8 Å². The average Bonchev–Trinajstić information content (AvgIpc) is 2.76. The second kappa shape index (κ2) is 8.61. The van der Waals surface area contributed by atoms with Gasteiger partial charge < -0.3 is 20.5 Å². The van der Waals surface area contributed by atoms with Crippen LogP contribution in [0.3, 0.4) is 0 Å². The van der Waals surface area contributed by atoms with Gasteiger partial charge in [0.1, 0.15) is 0 Å². The summed E-state index contributed by atoms with van der Waals surface area (Å²) in [6, 6.07) is 3.97. The maximum atomic E-state index is 12.7. The molecule has 0 amide bonds. The summed E-state index contributed by atoms with van der Waals surface area (Å²) in [4.78, 5) is 25.3. The fourth-order valence-corrected chi connectivity index (χ4v) is 5.65. The number of ketones is 1. The first kappa shape index (κ1) is 19.9. The van der Waals surface area contributed by atoms with E-state index in [1.54, 1.807) is 6.07 Å². The fraction of sp³-hybridized carbons (Fsp3) is 0.583. The Labute approximate surface area is 177 Å². The van der Waals surface area contributed by atoms with Gasteiger partial charge in [-0.15, -0.1) is 0 Å². The monoisotopic (exact) mass is 408 g/mol. The van der Waals surface area contributed by atoms with Crippen molar-refractivity contribution >= 4 is 5.78 Å². The Morgan fingerprint density at radius 2 is 2.03 bits per heavy atom. The molecule has 6 heteroatoms. The van der Waals surface area contributed by atoms with Crippen molar-refractivity contribution in [2.45, 2.75) is 38.3 Å². The summed E-state index contributed by atoms with van der Waals surface area (Å²) in [6.45, 7) is 6.10. The number of aromatic nitrogens is 1. The minimum absolute atomic E-state index is 0.0233. The molecule has 6 nitrogen and oxygen atoms in total. The van der Waals surface area contributed by atoms with Crippen LogP contribution in [0.1, 0.15) is 36.4 Å². The Morgan fingerprint density at radius 1 is 1.10 bits per heavy atom. The van der Waals surface area contributed by atoms with Gasteiger partial charge in [0.25, 0.3) is 5.56 Å². The minimum Gasteiger partial charge on any atom is -0.316 e. The highest BCUT2D eigenvalue weighted by molar-refractivity contribution is 5.95. The molecule has 0 saturated carbocycles. The summed E-state index contributed by atoms with van der Waals surface area (Å²) in [7, 11) is 0. The molecule has 160 valence electrons. The van der Waals surface area contributed by atoms with E-state index in [1.165, 1.54) is 12.1 Å². The molecule has 1 aromatic heterocycles. The lowest BCUT2D eigenvalue weighted by Gasteiger charge is -2.37. The molecule has 1 aromatic rings. The van der Waals surface area contributed by atoms with E-state index < -0.39 is 0 Å². The standard InChI is InChI=1S/C24H32N4O2/c29-23-8-16(3-4-21(23)19-2-1-5-25-13-19)10-26-11-17-7-22-20-6-18(12-27-14-20)15-28(22)24(30)9-17/h3-4,7-9,18-21,25-27H,1-2,5-6,10-15H2. The molecule has 0 aromatic carbocycles. The average molecular weight is 409 g/mol. The first-order valence-electron chi connectivity index (χ1n) is 11.5. The number of rotatable bonds is 5. The van der Waals surface area contributed by atoms with E-state index >= 15 is 0 Å². The lowest BCUT2D eigenvalue weighted by atomic mass is 9.80. The highest BCUT2D eigenvalue weighted by Crippen LogP contribution is 2.32. The first-order chi connectivity index (χ1) is 14.7. The van der Waals surface area contributed by atoms with Crippen LogP contribution in [0.5, 0.6) is 0 Å². The molecule has 1 aliphatic carbocycles. The largest absolute Gasteiger partial charge is 0.316 e. The molecule has 5 rings (SSSR count). The van der Waals surface area contributed by atoms with Crippen LogP contribution < -0.4 is 21.5 Å². The van der Waals surface area contributed by atoms with Gasteiger partial charge in [0.15, 0.2) is 5.78 Å². The van der Waals surface area contributed by atoms with Crippen molar-refractivity contribution in [1.29, 1.82) is 0 Å². The van der Waals surface area contributed by atoms with E-state index in [4.69, 9.17) is 0 Å². The van der Waals surface area contributed by atoms with Crippen LogP contribution in [-0.4, -0.2) is 43.1 Å². The van der Waals surface area contributed by atoms with E-state index in [0.29, 0.717) is 30.8 Å². The Hall–Kier alpha value is -2.02. The van der Waals surface area contributed by atoms with Gasteiger partial charge in [0.05, 0.1) is 0 Å². The number of allylic oxidation sites excluding steroid dienone is 2. The quantitative estimate of drug-likeness (QED) is 0.685. The topological polar surface area (TPSA) is 75.2 Å².